The Morgan fingerprint density at radius 3 is 0.662 bits per heavy atom. The van der Waals surface area contributed by atoms with E-state index in [1.807, 2.05) is 12.1 Å². The zero-order valence-corrected chi connectivity index (χ0v) is 45.2. The third kappa shape index (κ3) is 8.50. The molecular weight excluding hydrogens is 1000 g/mol. The van der Waals surface area contributed by atoms with Gasteiger partial charge in [-0.3, -0.25) is 0 Å². The second-order valence-corrected chi connectivity index (χ2v) is 27.6. The first-order valence-corrected chi connectivity index (χ1v) is 30.4. The lowest BCUT2D eigenvalue weighted by atomic mass is 10.3. The predicted molar refractivity (Wildman–Crippen MR) is 303 cm³/mol. The SMILES string of the molecule is COc1ccccc1P(=O)(c1ccccc1OC)c1ccc(P(=O)(c2ccccc2)c2ccccc2)c(P(=O)(c2ccccc2OC)c2ccccc2OC)c1P(=O)(c1ccccc1OC)c1ccccc1OC. The van der Waals surface area contributed by atoms with Crippen LogP contribution in [0.4, 0.5) is 0 Å². The highest BCUT2D eigenvalue weighted by molar-refractivity contribution is 7.96. The van der Waals surface area contributed by atoms with Crippen LogP contribution >= 0.6 is 28.6 Å². The first-order chi connectivity index (χ1) is 36.0. The maximum atomic E-state index is 18.8. The summed E-state index contributed by atoms with van der Waals surface area (Å²) >= 11 is 0. The fourth-order valence-electron chi connectivity index (χ4n) is 9.86. The van der Waals surface area contributed by atoms with E-state index < -0.39 is 28.6 Å². The normalized spacial score (nSPS) is 11.9. The topological polar surface area (TPSA) is 124 Å². The highest BCUT2D eigenvalue weighted by atomic mass is 31.2. The van der Waals surface area contributed by atoms with Crippen LogP contribution in [0.25, 0.3) is 0 Å². The molecule has 0 aliphatic heterocycles. The molecule has 0 atom stereocenters. The van der Waals surface area contributed by atoms with E-state index in [9.17, 15) is 0 Å². The van der Waals surface area contributed by atoms with E-state index in [2.05, 4.69) is 0 Å². The van der Waals surface area contributed by atoms with Gasteiger partial charge in [-0.05, 0) is 84.9 Å². The van der Waals surface area contributed by atoms with Gasteiger partial charge in [0.25, 0.3) is 0 Å². The van der Waals surface area contributed by atoms with Gasteiger partial charge in [-0.25, -0.2) is 0 Å². The molecule has 0 fully saturated rings. The number of ether oxygens (including phenoxy) is 6. The van der Waals surface area contributed by atoms with Gasteiger partial charge < -0.3 is 46.7 Å². The van der Waals surface area contributed by atoms with Crippen LogP contribution in [-0.2, 0) is 18.3 Å². The molecule has 10 nitrogen and oxygen atoms in total. The molecule has 0 unspecified atom stereocenters. The summed E-state index contributed by atoms with van der Waals surface area (Å²) in [5.74, 6) is 1.32. The predicted octanol–water partition coefficient (Wildman–Crippen LogP) is 8.30. The molecule has 0 aromatic heterocycles. The van der Waals surface area contributed by atoms with Crippen LogP contribution in [0.15, 0.2) is 218 Å². The van der Waals surface area contributed by atoms with Crippen LogP contribution in [0.2, 0.25) is 0 Å². The lowest BCUT2D eigenvalue weighted by Crippen LogP contribution is -2.54. The molecule has 0 aliphatic carbocycles. The quantitative estimate of drug-likeness (QED) is 0.0776. The van der Waals surface area contributed by atoms with Crippen molar-refractivity contribution in [2.24, 2.45) is 0 Å². The molecule has 14 heteroatoms. The van der Waals surface area contributed by atoms with Gasteiger partial charge in [0.2, 0.25) is 0 Å². The zero-order valence-electron chi connectivity index (χ0n) is 41.7. The summed E-state index contributed by atoms with van der Waals surface area (Å²) in [4.78, 5) is 0. The van der Waals surface area contributed by atoms with Gasteiger partial charge in [0.05, 0.1) is 74.5 Å². The van der Waals surface area contributed by atoms with E-state index >= 15 is 18.3 Å². The van der Waals surface area contributed by atoms with Crippen LogP contribution in [-0.4, -0.2) is 42.7 Å². The molecule has 0 radical (unpaired) electrons. The van der Waals surface area contributed by atoms with Crippen LogP contribution in [0.1, 0.15) is 0 Å². The number of para-hydroxylation sites is 6. The minimum Gasteiger partial charge on any atom is -0.496 e. The van der Waals surface area contributed by atoms with Gasteiger partial charge in [-0.15, -0.1) is 0 Å². The van der Waals surface area contributed by atoms with Crippen molar-refractivity contribution < 1.29 is 46.7 Å². The molecular formula is C60H54O10P4. The second-order valence-electron chi connectivity index (χ2n) is 16.9. The largest absolute Gasteiger partial charge is 0.496 e. The third-order valence-electron chi connectivity index (χ3n) is 13.2. The average molecular weight is 1060 g/mol. The standard InChI is InChI=1S/C60H54O10P4/c1-65-45-29-13-19-35-51(45)72(62,52-36-20-14-30-46(52)66-2)58-42-41-57(71(61,43-25-9-7-10-26-43)44-27-11-8-12-28-44)59(73(63,53-37-21-15-31-47(53)67-3)54-38-22-16-32-48(54)68-4)60(58)74(64,55-39-23-17-33-49(55)69-5)56-40-24-18-34-50(56)70-6/h7-42H,1-6H3. The van der Waals surface area contributed by atoms with E-state index in [1.165, 1.54) is 42.7 Å². The molecule has 0 saturated carbocycles. The molecule has 0 heterocycles. The van der Waals surface area contributed by atoms with E-state index in [0.29, 0.717) is 10.6 Å². The third-order valence-corrected chi connectivity index (χ3v) is 26.4. The fourth-order valence-corrected chi connectivity index (χ4v) is 24.5. The average Bonchev–Trinajstić information content (AvgIpc) is 3.51. The van der Waals surface area contributed by atoms with Gasteiger partial charge >= 0.3 is 0 Å². The maximum absolute atomic E-state index is 18.8. The lowest BCUT2D eigenvalue weighted by Gasteiger charge is -2.36. The van der Waals surface area contributed by atoms with Crippen molar-refractivity contribution in [1.82, 2.24) is 0 Å². The van der Waals surface area contributed by atoms with Crippen molar-refractivity contribution >= 4 is 92.2 Å². The van der Waals surface area contributed by atoms with E-state index in [0.717, 1.165) is 0 Å². The Bertz CT molecular complexity index is 3500. The smallest absolute Gasteiger partial charge is 0.179 e. The van der Waals surface area contributed by atoms with Crippen molar-refractivity contribution in [1.29, 1.82) is 0 Å². The number of rotatable bonds is 18. The number of methoxy groups -OCH3 is 6. The van der Waals surface area contributed by atoms with Crippen molar-refractivity contribution in [2.45, 2.75) is 0 Å². The molecule has 9 aromatic carbocycles. The Labute approximate surface area is 432 Å². The van der Waals surface area contributed by atoms with Gasteiger partial charge in [-0.1, -0.05) is 133 Å². The Balaban J connectivity index is 1.72. The Hall–Kier alpha value is -7.30. The van der Waals surface area contributed by atoms with Crippen molar-refractivity contribution in [3.05, 3.63) is 218 Å². The molecule has 0 aliphatic rings. The minimum absolute atomic E-state index is 0.0110. The van der Waals surface area contributed by atoms with E-state index in [-0.39, 0.29) is 87.5 Å². The molecule has 0 N–H and O–H groups in total. The molecule has 9 rings (SSSR count). The maximum Gasteiger partial charge on any atom is 0.179 e. The Kier molecular flexibility index (Phi) is 15.1. The Morgan fingerprint density at radius 2 is 0.419 bits per heavy atom. The molecule has 0 amide bonds. The summed E-state index contributed by atoms with van der Waals surface area (Å²) in [6.07, 6.45) is 0. The fraction of sp³-hybridized carbons (Fsp3) is 0.100. The molecule has 74 heavy (non-hydrogen) atoms. The highest BCUT2D eigenvalue weighted by Gasteiger charge is 2.53. The number of benzene rings is 9. The van der Waals surface area contributed by atoms with Gasteiger partial charge in [0.15, 0.2) is 28.6 Å². The summed E-state index contributed by atoms with van der Waals surface area (Å²) < 4.78 is 110. The zero-order chi connectivity index (χ0) is 52.1. The van der Waals surface area contributed by atoms with Crippen molar-refractivity contribution in [3.63, 3.8) is 0 Å². The highest BCUT2D eigenvalue weighted by Crippen LogP contribution is 2.58. The summed E-state index contributed by atoms with van der Waals surface area (Å²) in [6, 6.07) is 62.7. The van der Waals surface area contributed by atoms with Crippen LogP contribution in [0.5, 0.6) is 34.5 Å². The molecule has 0 saturated heterocycles. The van der Waals surface area contributed by atoms with Gasteiger partial charge in [0.1, 0.15) is 34.5 Å². The summed E-state index contributed by atoms with van der Waals surface area (Å²) in [7, 11) is -9.81. The first kappa shape index (κ1) is 51.6. The Morgan fingerprint density at radius 1 is 0.216 bits per heavy atom. The van der Waals surface area contributed by atoms with Crippen LogP contribution < -0.4 is 92.1 Å². The molecule has 0 spiro atoms. The minimum atomic E-state index is -4.89. The number of hydrogen-bond donors (Lipinski definition) is 0. The monoisotopic (exact) mass is 1060 g/mol. The summed E-state index contributed by atoms with van der Waals surface area (Å²) in [6.45, 7) is 0. The van der Waals surface area contributed by atoms with Gasteiger partial charge in [-0.2, -0.15) is 0 Å². The summed E-state index contributed by atoms with van der Waals surface area (Å²) in [5.41, 5.74) is 0. The first-order valence-electron chi connectivity index (χ1n) is 23.5. The van der Waals surface area contributed by atoms with E-state index in [1.54, 1.807) is 206 Å². The van der Waals surface area contributed by atoms with Crippen LogP contribution in [0.3, 0.4) is 0 Å². The van der Waals surface area contributed by atoms with Gasteiger partial charge in [0, 0.05) is 31.8 Å². The number of hydrogen-bond acceptors (Lipinski definition) is 10. The molecule has 0 bridgehead atoms. The van der Waals surface area contributed by atoms with Crippen molar-refractivity contribution in [2.75, 3.05) is 42.7 Å². The van der Waals surface area contributed by atoms with E-state index in [4.69, 9.17) is 28.4 Å². The van der Waals surface area contributed by atoms with Crippen molar-refractivity contribution in [3.8, 4) is 34.5 Å². The summed E-state index contributed by atoms with van der Waals surface area (Å²) in [5, 5.41) is 1.63. The van der Waals surface area contributed by atoms with Crippen LogP contribution in [0, 0.1) is 0 Å². The second kappa shape index (κ2) is 21.7. The molecule has 9 aromatic rings. The lowest BCUT2D eigenvalue weighted by molar-refractivity contribution is 0.416. The molecule has 374 valence electrons.